The number of benzene rings is 3. The number of methoxy groups -OCH3 is 1. The number of hydrogen-bond acceptors (Lipinski definition) is 8. The largest absolute Gasteiger partial charge is 0.495 e. The lowest BCUT2D eigenvalue weighted by Gasteiger charge is -2.13. The lowest BCUT2D eigenvalue weighted by Crippen LogP contribution is -2.24. The number of unbranched alkanes of at least 4 members (excludes halogenated alkanes) is 3. The molecule has 42 heavy (non-hydrogen) atoms. The highest BCUT2D eigenvalue weighted by atomic mass is 32.2. The van der Waals surface area contributed by atoms with Crippen LogP contribution < -0.4 is 20.1 Å². The van der Waals surface area contributed by atoms with Gasteiger partial charge in [-0.25, -0.2) is 13.1 Å². The van der Waals surface area contributed by atoms with Gasteiger partial charge in [0.15, 0.2) is 11.0 Å². The molecule has 1 heterocycles. The molecule has 0 saturated carbocycles. The monoisotopic (exact) mass is 608 g/mol. The Morgan fingerprint density at radius 3 is 2.40 bits per heavy atom. The Labute approximate surface area is 251 Å². The molecule has 222 valence electrons. The van der Waals surface area contributed by atoms with Gasteiger partial charge in [-0.3, -0.25) is 9.36 Å². The number of carbonyl (C=O) groups is 1. The first-order valence-electron chi connectivity index (χ1n) is 13.8. The average Bonchev–Trinajstić information content (AvgIpc) is 3.42. The van der Waals surface area contributed by atoms with Crippen molar-refractivity contribution in [1.29, 1.82) is 0 Å². The molecule has 1 aromatic heterocycles. The number of nitrogens with one attached hydrogen (secondary N) is 3. The molecule has 0 radical (unpaired) electrons. The Kier molecular flexibility index (Phi) is 11.4. The topological polar surface area (TPSA) is 127 Å². The summed E-state index contributed by atoms with van der Waals surface area (Å²) in [5.41, 5.74) is 2.21. The number of anilines is 2. The first kappa shape index (κ1) is 31.1. The molecule has 10 nitrogen and oxygen atoms in total. The van der Waals surface area contributed by atoms with E-state index in [2.05, 4.69) is 32.5 Å². The number of ether oxygens (including phenoxy) is 1. The second kappa shape index (κ2) is 15.4. The van der Waals surface area contributed by atoms with Crippen molar-refractivity contribution in [2.75, 3.05) is 30.0 Å². The Balaban J connectivity index is 1.38. The van der Waals surface area contributed by atoms with Gasteiger partial charge in [0.25, 0.3) is 0 Å². The van der Waals surface area contributed by atoms with E-state index in [0.717, 1.165) is 42.8 Å². The molecular weight excluding hydrogens is 573 g/mol. The smallest absolute Gasteiger partial charge is 0.240 e. The molecule has 0 unspecified atom stereocenters. The van der Waals surface area contributed by atoms with Crippen LogP contribution in [0.4, 0.5) is 11.4 Å². The van der Waals surface area contributed by atoms with Gasteiger partial charge in [0.1, 0.15) is 5.75 Å². The maximum atomic E-state index is 12.8. The van der Waals surface area contributed by atoms with Crippen LogP contribution in [-0.2, 0) is 21.4 Å². The molecule has 3 N–H and O–H groups in total. The average molecular weight is 609 g/mol. The number of sulfonamides is 1. The highest BCUT2D eigenvalue weighted by Gasteiger charge is 2.17. The predicted octanol–water partition coefficient (Wildman–Crippen LogP) is 5.48. The summed E-state index contributed by atoms with van der Waals surface area (Å²) in [6.45, 7) is 2.90. The molecule has 4 rings (SSSR count). The third kappa shape index (κ3) is 8.57. The number of nitrogens with zero attached hydrogens (tertiary/aromatic N) is 3. The Morgan fingerprint density at radius 1 is 0.929 bits per heavy atom. The SMILES string of the molecule is CCCCCCNS(=O)(=O)c1ccc(NC(=O)CSc2nnc(CNc3ccccc3OC)n2-c2ccccc2)cc1. The second-order valence-electron chi connectivity index (χ2n) is 9.44. The van der Waals surface area contributed by atoms with Crippen LogP contribution in [-0.4, -0.2) is 48.5 Å². The van der Waals surface area contributed by atoms with Crippen LogP contribution in [0.1, 0.15) is 38.4 Å². The molecule has 0 aliphatic heterocycles. The van der Waals surface area contributed by atoms with Crippen LogP contribution in [0.3, 0.4) is 0 Å². The normalized spacial score (nSPS) is 11.3. The van der Waals surface area contributed by atoms with Crippen LogP contribution in [0.15, 0.2) is 88.9 Å². The van der Waals surface area contributed by atoms with Crippen LogP contribution in [0, 0.1) is 0 Å². The molecule has 1 amide bonds. The maximum absolute atomic E-state index is 12.8. The van der Waals surface area contributed by atoms with Crippen LogP contribution in [0.25, 0.3) is 5.69 Å². The molecule has 0 spiro atoms. The van der Waals surface area contributed by atoms with Crippen molar-refractivity contribution in [3.8, 4) is 11.4 Å². The summed E-state index contributed by atoms with van der Waals surface area (Å²) in [6.07, 6.45) is 3.97. The van der Waals surface area contributed by atoms with Gasteiger partial charge in [-0.05, 0) is 55.0 Å². The van der Waals surface area contributed by atoms with E-state index in [1.807, 2.05) is 59.2 Å². The van der Waals surface area contributed by atoms with Gasteiger partial charge >= 0.3 is 0 Å². The van der Waals surface area contributed by atoms with E-state index in [0.29, 0.717) is 29.8 Å². The minimum Gasteiger partial charge on any atom is -0.495 e. The molecule has 0 aliphatic rings. The summed E-state index contributed by atoms with van der Waals surface area (Å²) in [7, 11) is -1.97. The zero-order valence-corrected chi connectivity index (χ0v) is 25.4. The zero-order valence-electron chi connectivity index (χ0n) is 23.7. The van der Waals surface area contributed by atoms with E-state index in [4.69, 9.17) is 4.74 Å². The van der Waals surface area contributed by atoms with Crippen molar-refractivity contribution < 1.29 is 17.9 Å². The van der Waals surface area contributed by atoms with Crippen molar-refractivity contribution in [3.05, 3.63) is 84.7 Å². The molecule has 0 fully saturated rings. The quantitative estimate of drug-likeness (QED) is 0.113. The molecular formula is C30H36N6O4S2. The summed E-state index contributed by atoms with van der Waals surface area (Å²) >= 11 is 1.26. The van der Waals surface area contributed by atoms with E-state index in [1.165, 1.54) is 23.9 Å². The van der Waals surface area contributed by atoms with Gasteiger partial charge in [0, 0.05) is 17.9 Å². The van der Waals surface area contributed by atoms with Gasteiger partial charge in [0.05, 0.1) is 30.0 Å². The maximum Gasteiger partial charge on any atom is 0.240 e. The number of hydrogen-bond donors (Lipinski definition) is 3. The molecule has 0 atom stereocenters. The van der Waals surface area contributed by atoms with Crippen molar-refractivity contribution in [2.24, 2.45) is 0 Å². The molecule has 0 aliphatic carbocycles. The highest BCUT2D eigenvalue weighted by molar-refractivity contribution is 7.99. The van der Waals surface area contributed by atoms with Gasteiger partial charge in [0.2, 0.25) is 15.9 Å². The minimum atomic E-state index is -3.59. The predicted molar refractivity (Wildman–Crippen MR) is 167 cm³/mol. The fourth-order valence-corrected chi connectivity index (χ4v) is 6.04. The molecule has 3 aromatic carbocycles. The third-order valence-electron chi connectivity index (χ3n) is 6.36. The third-order valence-corrected chi connectivity index (χ3v) is 8.77. The fourth-order valence-electron chi connectivity index (χ4n) is 4.20. The van der Waals surface area contributed by atoms with Crippen molar-refractivity contribution in [3.63, 3.8) is 0 Å². The lowest BCUT2D eigenvalue weighted by atomic mass is 10.2. The molecule has 0 bridgehead atoms. The summed E-state index contributed by atoms with van der Waals surface area (Å²) in [4.78, 5) is 12.9. The number of thioether (sulfide) groups is 1. The number of rotatable bonds is 16. The van der Waals surface area contributed by atoms with E-state index in [-0.39, 0.29) is 16.6 Å². The van der Waals surface area contributed by atoms with E-state index in [1.54, 1.807) is 19.2 Å². The van der Waals surface area contributed by atoms with Gasteiger partial charge in [-0.1, -0.05) is 68.3 Å². The standard InChI is InChI=1S/C30H36N6O4S2/c1-3-4-5-11-20-32-42(38,39)25-18-16-23(17-19-25)33-29(37)22-41-30-35-34-28(36(30)24-12-7-6-8-13-24)21-31-26-14-9-10-15-27(26)40-2/h6-10,12-19,31-32H,3-5,11,20-22H2,1-2H3,(H,33,37). The molecule has 12 heteroatoms. The lowest BCUT2D eigenvalue weighted by molar-refractivity contribution is -0.113. The van der Waals surface area contributed by atoms with Crippen molar-refractivity contribution >= 4 is 39.1 Å². The number of para-hydroxylation sites is 3. The first-order valence-corrected chi connectivity index (χ1v) is 16.3. The Bertz CT molecular complexity index is 1540. The van der Waals surface area contributed by atoms with E-state index < -0.39 is 10.0 Å². The zero-order chi connectivity index (χ0) is 29.8. The van der Waals surface area contributed by atoms with Crippen LogP contribution >= 0.6 is 11.8 Å². The summed E-state index contributed by atoms with van der Waals surface area (Å²) < 4.78 is 35.1. The van der Waals surface area contributed by atoms with Gasteiger partial charge in [-0.2, -0.15) is 0 Å². The van der Waals surface area contributed by atoms with Crippen molar-refractivity contribution in [2.45, 2.75) is 49.2 Å². The Morgan fingerprint density at radius 2 is 1.67 bits per heavy atom. The summed E-state index contributed by atoms with van der Waals surface area (Å²) in [6, 6.07) is 23.5. The molecule has 0 saturated heterocycles. The highest BCUT2D eigenvalue weighted by Crippen LogP contribution is 2.26. The summed E-state index contributed by atoms with van der Waals surface area (Å²) in [5.74, 6) is 1.23. The van der Waals surface area contributed by atoms with Crippen LogP contribution in [0.2, 0.25) is 0 Å². The fraction of sp³-hybridized carbons (Fsp3) is 0.300. The number of amides is 1. The van der Waals surface area contributed by atoms with Gasteiger partial charge < -0.3 is 15.4 Å². The van der Waals surface area contributed by atoms with Crippen LogP contribution in [0.5, 0.6) is 5.75 Å². The first-order chi connectivity index (χ1) is 20.4. The second-order valence-corrected chi connectivity index (χ2v) is 12.2. The van der Waals surface area contributed by atoms with E-state index >= 15 is 0 Å². The molecule has 4 aromatic rings. The number of carbonyl (C=O) groups excluding carboxylic acids is 1. The summed E-state index contributed by atoms with van der Waals surface area (Å²) in [5, 5.41) is 15.5. The van der Waals surface area contributed by atoms with Crippen molar-refractivity contribution in [1.82, 2.24) is 19.5 Å². The minimum absolute atomic E-state index is 0.0876. The van der Waals surface area contributed by atoms with Gasteiger partial charge in [-0.15, -0.1) is 10.2 Å². The number of aromatic nitrogens is 3. The Hall–Kier alpha value is -3.87. The van der Waals surface area contributed by atoms with E-state index in [9.17, 15) is 13.2 Å².